The van der Waals surface area contributed by atoms with E-state index in [1.54, 1.807) is 31.4 Å². The first-order chi connectivity index (χ1) is 15.3. The Bertz CT molecular complexity index is 1300. The molecule has 0 spiro atoms. The summed E-state index contributed by atoms with van der Waals surface area (Å²) in [4.78, 5) is 7.07. The fourth-order valence-electron chi connectivity index (χ4n) is 4.00. The number of hydrogen-bond acceptors (Lipinski definition) is 6. The van der Waals surface area contributed by atoms with Gasteiger partial charge in [-0.2, -0.15) is 9.57 Å². The lowest BCUT2D eigenvalue weighted by Gasteiger charge is -2.24. The molecule has 166 valence electrons. The molecule has 0 N–H and O–H groups in total. The highest BCUT2D eigenvalue weighted by atomic mass is 32.2. The van der Waals surface area contributed by atoms with Crippen LogP contribution in [0.5, 0.6) is 5.75 Å². The molecule has 1 aromatic heterocycles. The molecule has 0 saturated carbocycles. The molecule has 4 rings (SSSR count). The molecular formula is C24H26N4O3S. The molecule has 0 atom stereocenters. The zero-order valence-corrected chi connectivity index (χ0v) is 19.3. The SMILES string of the molecule is COc1ccc(S(=O)(=O)N2CCCN(c3nc4cc(C)c(C)cc4cc3C#N)CC2)cc1. The predicted molar refractivity (Wildman–Crippen MR) is 125 cm³/mol. The Morgan fingerprint density at radius 1 is 1.00 bits per heavy atom. The fraction of sp³-hybridized carbons (Fsp3) is 0.333. The molecule has 0 aliphatic carbocycles. The highest BCUT2D eigenvalue weighted by molar-refractivity contribution is 7.89. The van der Waals surface area contributed by atoms with Crippen LogP contribution >= 0.6 is 0 Å². The molecule has 0 unspecified atom stereocenters. The summed E-state index contributed by atoms with van der Waals surface area (Å²) in [6.07, 6.45) is 0.646. The third kappa shape index (κ3) is 4.14. The van der Waals surface area contributed by atoms with Crippen LogP contribution in [0.25, 0.3) is 10.9 Å². The van der Waals surface area contributed by atoms with Gasteiger partial charge in [0, 0.05) is 31.6 Å². The Morgan fingerprint density at radius 3 is 2.41 bits per heavy atom. The maximum Gasteiger partial charge on any atom is 0.243 e. The van der Waals surface area contributed by atoms with Gasteiger partial charge in [0.25, 0.3) is 0 Å². The minimum atomic E-state index is -3.61. The first-order valence-corrected chi connectivity index (χ1v) is 12.0. The van der Waals surface area contributed by atoms with Crippen molar-refractivity contribution in [3.8, 4) is 11.8 Å². The summed E-state index contributed by atoms with van der Waals surface area (Å²) in [6.45, 7) is 5.92. The van der Waals surface area contributed by atoms with Crippen molar-refractivity contribution in [2.45, 2.75) is 25.2 Å². The number of ether oxygens (including phenoxy) is 1. The van der Waals surface area contributed by atoms with Gasteiger partial charge in [-0.05, 0) is 73.9 Å². The Balaban J connectivity index is 1.61. The molecule has 0 amide bonds. The first-order valence-electron chi connectivity index (χ1n) is 10.5. The normalized spacial score (nSPS) is 15.4. The van der Waals surface area contributed by atoms with E-state index in [2.05, 4.69) is 6.07 Å². The van der Waals surface area contributed by atoms with Gasteiger partial charge in [-0.3, -0.25) is 0 Å². The Morgan fingerprint density at radius 2 is 1.72 bits per heavy atom. The standard InChI is InChI=1S/C24H26N4O3S/c1-17-13-19-15-20(16-25)24(26-23(19)14-18(17)2)27-9-4-10-28(12-11-27)32(29,30)22-7-5-21(31-3)6-8-22/h5-8,13-15H,4,9-12H2,1-3H3. The lowest BCUT2D eigenvalue weighted by molar-refractivity contribution is 0.413. The van der Waals surface area contributed by atoms with Gasteiger partial charge in [0.2, 0.25) is 10.0 Å². The third-order valence-electron chi connectivity index (χ3n) is 5.98. The second kappa shape index (κ2) is 8.77. The van der Waals surface area contributed by atoms with Crippen molar-refractivity contribution in [3.05, 3.63) is 59.2 Å². The van der Waals surface area contributed by atoms with E-state index in [-0.39, 0.29) is 4.90 Å². The summed E-state index contributed by atoms with van der Waals surface area (Å²) in [5.74, 6) is 1.23. The topological polar surface area (TPSA) is 86.5 Å². The molecule has 2 aromatic carbocycles. The average Bonchev–Trinajstić information content (AvgIpc) is 3.06. The number of sulfonamides is 1. The number of fused-ring (bicyclic) bond motifs is 1. The van der Waals surface area contributed by atoms with Crippen LogP contribution in [0.15, 0.2) is 47.4 Å². The molecule has 7 nitrogen and oxygen atoms in total. The van der Waals surface area contributed by atoms with Crippen LogP contribution in [0.3, 0.4) is 0 Å². The second-order valence-corrected chi connectivity index (χ2v) is 9.96. The van der Waals surface area contributed by atoms with Crippen LogP contribution in [-0.2, 0) is 10.0 Å². The molecule has 8 heteroatoms. The molecule has 1 aliphatic rings. The van der Waals surface area contributed by atoms with Crippen molar-refractivity contribution in [2.75, 3.05) is 38.2 Å². The van der Waals surface area contributed by atoms with Gasteiger partial charge in [0.1, 0.15) is 17.6 Å². The van der Waals surface area contributed by atoms with Crippen LogP contribution in [0, 0.1) is 25.2 Å². The summed E-state index contributed by atoms with van der Waals surface area (Å²) >= 11 is 0. The number of rotatable bonds is 4. The molecule has 0 radical (unpaired) electrons. The van der Waals surface area contributed by atoms with Gasteiger partial charge in [-0.1, -0.05) is 0 Å². The van der Waals surface area contributed by atoms with E-state index < -0.39 is 10.0 Å². The number of benzene rings is 2. The van der Waals surface area contributed by atoms with Crippen LogP contribution in [-0.4, -0.2) is 51.0 Å². The van der Waals surface area contributed by atoms with Crippen molar-refractivity contribution in [2.24, 2.45) is 0 Å². The Labute approximate surface area is 188 Å². The number of anilines is 1. The number of methoxy groups -OCH3 is 1. The smallest absolute Gasteiger partial charge is 0.243 e. The number of nitriles is 1. The Kier molecular flexibility index (Phi) is 6.04. The van der Waals surface area contributed by atoms with Crippen LogP contribution in [0.2, 0.25) is 0 Å². The predicted octanol–water partition coefficient (Wildman–Crippen LogP) is 3.63. The van der Waals surface area contributed by atoms with Gasteiger partial charge in [0.05, 0.1) is 23.1 Å². The van der Waals surface area contributed by atoms with Crippen LogP contribution < -0.4 is 9.64 Å². The average molecular weight is 451 g/mol. The molecular weight excluding hydrogens is 424 g/mol. The van der Waals surface area contributed by atoms with E-state index in [4.69, 9.17) is 9.72 Å². The van der Waals surface area contributed by atoms with Crippen molar-refractivity contribution in [1.82, 2.24) is 9.29 Å². The molecule has 1 fully saturated rings. The second-order valence-electron chi connectivity index (χ2n) is 8.02. The lowest BCUT2D eigenvalue weighted by Crippen LogP contribution is -2.35. The maximum atomic E-state index is 13.1. The van der Waals surface area contributed by atoms with Crippen molar-refractivity contribution in [3.63, 3.8) is 0 Å². The minimum Gasteiger partial charge on any atom is -0.497 e. The monoisotopic (exact) mass is 450 g/mol. The maximum absolute atomic E-state index is 13.1. The quantitative estimate of drug-likeness (QED) is 0.603. The highest BCUT2D eigenvalue weighted by Gasteiger charge is 2.28. The van der Waals surface area contributed by atoms with Crippen molar-refractivity contribution < 1.29 is 13.2 Å². The summed E-state index contributed by atoms with van der Waals surface area (Å²) in [5.41, 5.74) is 3.65. The number of aromatic nitrogens is 1. The number of hydrogen-bond donors (Lipinski definition) is 0. The summed E-state index contributed by atoms with van der Waals surface area (Å²) in [6, 6.07) is 14.7. The third-order valence-corrected chi connectivity index (χ3v) is 7.90. The summed E-state index contributed by atoms with van der Waals surface area (Å²) in [7, 11) is -2.06. The fourth-order valence-corrected chi connectivity index (χ4v) is 5.47. The van der Waals surface area contributed by atoms with Crippen LogP contribution in [0.4, 0.5) is 5.82 Å². The number of aryl methyl sites for hydroxylation is 2. The molecule has 1 saturated heterocycles. The summed E-state index contributed by atoms with van der Waals surface area (Å²) < 4.78 is 32.9. The molecule has 1 aliphatic heterocycles. The van der Waals surface area contributed by atoms with Gasteiger partial charge < -0.3 is 9.64 Å². The van der Waals surface area contributed by atoms with E-state index in [9.17, 15) is 13.7 Å². The number of nitrogens with zero attached hydrogens (tertiary/aromatic N) is 4. The molecule has 2 heterocycles. The highest BCUT2D eigenvalue weighted by Crippen LogP contribution is 2.27. The largest absolute Gasteiger partial charge is 0.497 e. The van der Waals surface area contributed by atoms with E-state index in [0.717, 1.165) is 22.0 Å². The van der Waals surface area contributed by atoms with Gasteiger partial charge in [-0.25, -0.2) is 13.4 Å². The minimum absolute atomic E-state index is 0.249. The molecule has 3 aromatic rings. The van der Waals surface area contributed by atoms with Gasteiger partial charge in [0.15, 0.2) is 0 Å². The van der Waals surface area contributed by atoms with Crippen LogP contribution in [0.1, 0.15) is 23.1 Å². The zero-order chi connectivity index (χ0) is 22.9. The van der Waals surface area contributed by atoms with E-state index in [1.165, 1.54) is 4.31 Å². The molecule has 0 bridgehead atoms. The van der Waals surface area contributed by atoms with E-state index >= 15 is 0 Å². The van der Waals surface area contributed by atoms with Crippen molar-refractivity contribution >= 4 is 26.7 Å². The van der Waals surface area contributed by atoms with E-state index in [0.29, 0.717) is 49.7 Å². The van der Waals surface area contributed by atoms with Crippen molar-refractivity contribution in [1.29, 1.82) is 5.26 Å². The summed E-state index contributed by atoms with van der Waals surface area (Å²) in [5, 5.41) is 10.7. The van der Waals surface area contributed by atoms with Gasteiger partial charge >= 0.3 is 0 Å². The number of pyridine rings is 1. The lowest BCUT2D eigenvalue weighted by atomic mass is 10.0. The Hall–Kier alpha value is -3.15. The first kappa shape index (κ1) is 22.1. The molecule has 32 heavy (non-hydrogen) atoms. The van der Waals surface area contributed by atoms with E-state index in [1.807, 2.05) is 36.9 Å². The van der Waals surface area contributed by atoms with Gasteiger partial charge in [-0.15, -0.1) is 0 Å². The zero-order valence-electron chi connectivity index (χ0n) is 18.5.